The van der Waals surface area contributed by atoms with Crippen LogP contribution in [-0.2, 0) is 11.3 Å². The smallest absolute Gasteiger partial charge is 0.292 e. The van der Waals surface area contributed by atoms with Gasteiger partial charge in [-0.1, -0.05) is 12.1 Å². The van der Waals surface area contributed by atoms with Crippen molar-refractivity contribution in [3.63, 3.8) is 0 Å². The van der Waals surface area contributed by atoms with Crippen LogP contribution in [0.4, 0.5) is 11.4 Å². The summed E-state index contributed by atoms with van der Waals surface area (Å²) < 4.78 is 0. The van der Waals surface area contributed by atoms with Gasteiger partial charge in [-0.15, -0.1) is 11.3 Å². The summed E-state index contributed by atoms with van der Waals surface area (Å²) in [5.41, 5.74) is 0.744. The van der Waals surface area contributed by atoms with E-state index in [0.717, 1.165) is 5.01 Å². The fourth-order valence-electron chi connectivity index (χ4n) is 2.92. The van der Waals surface area contributed by atoms with Gasteiger partial charge in [0.05, 0.1) is 11.5 Å². The standard InChI is InChI=1S/C16H18N4O3S/c21-16(18-11-15-17-7-10-24-15)12-5-8-19(9-6-12)13-3-1-2-4-14(13)20(22)23/h1-4,7,10,12H,5-6,8-9,11H2,(H,18,21). The third-order valence-electron chi connectivity index (χ3n) is 4.18. The molecule has 1 aromatic heterocycles. The van der Waals surface area contributed by atoms with Crippen LogP contribution in [0.2, 0.25) is 0 Å². The number of benzene rings is 1. The van der Waals surface area contributed by atoms with E-state index in [1.807, 2.05) is 10.3 Å². The van der Waals surface area contributed by atoms with Gasteiger partial charge < -0.3 is 10.2 Å². The number of thiazole rings is 1. The molecule has 2 heterocycles. The molecule has 3 rings (SSSR count). The highest BCUT2D eigenvalue weighted by Gasteiger charge is 2.27. The highest BCUT2D eigenvalue weighted by molar-refractivity contribution is 7.09. The molecule has 1 aliphatic heterocycles. The number of nitro benzene ring substituents is 1. The van der Waals surface area contributed by atoms with Crippen LogP contribution >= 0.6 is 11.3 Å². The van der Waals surface area contributed by atoms with Gasteiger partial charge in [0.25, 0.3) is 5.69 Å². The number of carbonyl (C=O) groups is 1. The number of hydrogen-bond acceptors (Lipinski definition) is 6. The number of nitrogens with zero attached hydrogens (tertiary/aromatic N) is 3. The molecule has 7 nitrogen and oxygen atoms in total. The zero-order chi connectivity index (χ0) is 16.9. The quantitative estimate of drug-likeness (QED) is 0.664. The van der Waals surface area contributed by atoms with Crippen LogP contribution in [-0.4, -0.2) is 28.9 Å². The fourth-order valence-corrected chi connectivity index (χ4v) is 3.47. The summed E-state index contributed by atoms with van der Waals surface area (Å²) in [7, 11) is 0. The number of aromatic nitrogens is 1. The van der Waals surface area contributed by atoms with Crippen LogP contribution in [0.25, 0.3) is 0 Å². The van der Waals surface area contributed by atoms with Crippen molar-refractivity contribution in [1.82, 2.24) is 10.3 Å². The molecule has 1 aliphatic rings. The third-order valence-corrected chi connectivity index (χ3v) is 4.96. The number of para-hydroxylation sites is 2. The molecule has 0 aliphatic carbocycles. The van der Waals surface area contributed by atoms with E-state index >= 15 is 0 Å². The number of rotatable bonds is 5. The van der Waals surface area contributed by atoms with Gasteiger partial charge >= 0.3 is 0 Å². The molecule has 1 saturated heterocycles. The van der Waals surface area contributed by atoms with Crippen LogP contribution in [0.3, 0.4) is 0 Å². The third kappa shape index (κ3) is 3.70. The fraction of sp³-hybridized carbons (Fsp3) is 0.375. The lowest BCUT2D eigenvalue weighted by Gasteiger charge is -2.32. The van der Waals surface area contributed by atoms with Crippen molar-refractivity contribution in [2.75, 3.05) is 18.0 Å². The Bertz CT molecular complexity index is 712. The molecule has 8 heteroatoms. The predicted molar refractivity (Wildman–Crippen MR) is 92.0 cm³/mol. The van der Waals surface area contributed by atoms with Gasteiger partial charge in [0.15, 0.2) is 0 Å². The number of piperidine rings is 1. The lowest BCUT2D eigenvalue weighted by atomic mass is 9.95. The van der Waals surface area contributed by atoms with Gasteiger partial charge in [-0.2, -0.15) is 0 Å². The average molecular weight is 346 g/mol. The second-order valence-corrected chi connectivity index (χ2v) is 6.63. The Labute approximate surface area is 143 Å². The maximum atomic E-state index is 12.3. The minimum atomic E-state index is -0.359. The molecule has 1 fully saturated rings. The van der Waals surface area contributed by atoms with Gasteiger partial charge in [0.2, 0.25) is 5.91 Å². The maximum Gasteiger partial charge on any atom is 0.292 e. The normalized spacial score (nSPS) is 15.2. The molecule has 0 unspecified atom stereocenters. The van der Waals surface area contributed by atoms with Crippen LogP contribution in [0.5, 0.6) is 0 Å². The van der Waals surface area contributed by atoms with E-state index in [4.69, 9.17) is 0 Å². The number of amides is 1. The second-order valence-electron chi connectivity index (χ2n) is 5.65. The molecular weight excluding hydrogens is 328 g/mol. The van der Waals surface area contributed by atoms with Crippen LogP contribution < -0.4 is 10.2 Å². The minimum absolute atomic E-state index is 0.0346. The summed E-state index contributed by atoms with van der Waals surface area (Å²) in [6.07, 6.45) is 3.10. The summed E-state index contributed by atoms with van der Waals surface area (Å²) in [4.78, 5) is 29.2. The van der Waals surface area contributed by atoms with E-state index in [-0.39, 0.29) is 22.4 Å². The summed E-state index contributed by atoms with van der Waals surface area (Å²) in [5.74, 6) is -0.0172. The number of nitrogens with one attached hydrogen (secondary N) is 1. The van der Waals surface area contributed by atoms with Crippen molar-refractivity contribution in [2.24, 2.45) is 5.92 Å². The van der Waals surface area contributed by atoms with Crippen molar-refractivity contribution in [3.8, 4) is 0 Å². The first-order chi connectivity index (χ1) is 11.6. The summed E-state index contributed by atoms with van der Waals surface area (Å²) >= 11 is 1.52. The first-order valence-corrected chi connectivity index (χ1v) is 8.67. The van der Waals surface area contributed by atoms with E-state index in [1.165, 1.54) is 17.4 Å². The molecule has 126 valence electrons. The second kappa shape index (κ2) is 7.39. The molecule has 0 radical (unpaired) electrons. The largest absolute Gasteiger partial charge is 0.366 e. The zero-order valence-electron chi connectivity index (χ0n) is 13.1. The molecule has 1 aromatic carbocycles. The summed E-state index contributed by atoms with van der Waals surface area (Å²) in [5, 5.41) is 16.8. The predicted octanol–water partition coefficient (Wildman–Crippen LogP) is 2.58. The Morgan fingerprint density at radius 2 is 2.12 bits per heavy atom. The number of carbonyl (C=O) groups excluding carboxylic acids is 1. The lowest BCUT2D eigenvalue weighted by molar-refractivity contribution is -0.384. The topological polar surface area (TPSA) is 88.4 Å². The average Bonchev–Trinajstić information content (AvgIpc) is 3.13. The molecule has 2 aromatic rings. The summed E-state index contributed by atoms with van der Waals surface area (Å²) in [6, 6.07) is 6.75. The molecule has 0 bridgehead atoms. The van der Waals surface area contributed by atoms with Gasteiger partial charge in [-0.05, 0) is 18.9 Å². The number of nitro groups is 1. The monoisotopic (exact) mass is 346 g/mol. The number of anilines is 1. The van der Waals surface area contributed by atoms with E-state index < -0.39 is 0 Å². The van der Waals surface area contributed by atoms with E-state index in [0.29, 0.717) is 38.2 Å². The van der Waals surface area contributed by atoms with Crippen molar-refractivity contribution in [1.29, 1.82) is 0 Å². The van der Waals surface area contributed by atoms with E-state index in [2.05, 4.69) is 10.3 Å². The molecule has 24 heavy (non-hydrogen) atoms. The van der Waals surface area contributed by atoms with Gasteiger partial charge in [-0.3, -0.25) is 14.9 Å². The highest BCUT2D eigenvalue weighted by atomic mass is 32.1. The van der Waals surface area contributed by atoms with Gasteiger partial charge in [-0.25, -0.2) is 4.98 Å². The van der Waals surface area contributed by atoms with Gasteiger partial charge in [0, 0.05) is 36.7 Å². The zero-order valence-corrected chi connectivity index (χ0v) is 13.9. The lowest BCUT2D eigenvalue weighted by Crippen LogP contribution is -2.40. The van der Waals surface area contributed by atoms with E-state index in [9.17, 15) is 14.9 Å². The minimum Gasteiger partial charge on any atom is -0.366 e. The first-order valence-electron chi connectivity index (χ1n) is 7.79. The Hall–Kier alpha value is -2.48. The Kier molecular flexibility index (Phi) is 5.05. The Morgan fingerprint density at radius 1 is 1.38 bits per heavy atom. The van der Waals surface area contributed by atoms with Crippen molar-refractivity contribution in [2.45, 2.75) is 19.4 Å². The molecule has 1 N–H and O–H groups in total. The molecule has 0 atom stereocenters. The van der Waals surface area contributed by atoms with Crippen molar-refractivity contribution in [3.05, 3.63) is 51.0 Å². The SMILES string of the molecule is O=C(NCc1nccs1)C1CCN(c2ccccc2[N+](=O)[O-])CC1. The Balaban J connectivity index is 1.56. The van der Waals surface area contributed by atoms with Crippen LogP contribution in [0.15, 0.2) is 35.8 Å². The number of hydrogen-bond donors (Lipinski definition) is 1. The van der Waals surface area contributed by atoms with Crippen molar-refractivity contribution < 1.29 is 9.72 Å². The van der Waals surface area contributed by atoms with Gasteiger partial charge in [0.1, 0.15) is 10.7 Å². The van der Waals surface area contributed by atoms with Crippen LogP contribution in [0, 0.1) is 16.0 Å². The molecular formula is C16H18N4O3S. The maximum absolute atomic E-state index is 12.3. The molecule has 0 spiro atoms. The molecule has 0 saturated carbocycles. The van der Waals surface area contributed by atoms with Crippen LogP contribution in [0.1, 0.15) is 17.8 Å². The van der Waals surface area contributed by atoms with Crippen molar-refractivity contribution >= 4 is 28.6 Å². The van der Waals surface area contributed by atoms with E-state index in [1.54, 1.807) is 24.4 Å². The highest BCUT2D eigenvalue weighted by Crippen LogP contribution is 2.31. The first kappa shape index (κ1) is 16.4. The summed E-state index contributed by atoms with van der Waals surface area (Å²) in [6.45, 7) is 1.74. The molecule has 1 amide bonds. The Morgan fingerprint density at radius 3 is 2.79 bits per heavy atom.